The van der Waals surface area contributed by atoms with E-state index in [2.05, 4.69) is 41.5 Å². The smallest absolute Gasteiger partial charge is 0.0468 e. The first-order chi connectivity index (χ1) is 7.04. The standard InChI is InChI=1S/C10H22O.C4H10/c1-9(2)5-7-11-8-6-10(3)4;1-3-4-2/h9-10H,5-8H2,1-4H3;3-4H2,1-2H3. The molecular weight excluding hydrogens is 184 g/mol. The highest BCUT2D eigenvalue weighted by atomic mass is 16.5. The van der Waals surface area contributed by atoms with Gasteiger partial charge in [-0.3, -0.25) is 0 Å². The first kappa shape index (κ1) is 17.4. The molecule has 0 aromatic rings. The van der Waals surface area contributed by atoms with Crippen LogP contribution in [0.1, 0.15) is 67.2 Å². The van der Waals surface area contributed by atoms with E-state index in [0.717, 1.165) is 25.0 Å². The molecule has 0 aromatic carbocycles. The van der Waals surface area contributed by atoms with Crippen molar-refractivity contribution in [3.8, 4) is 0 Å². The molecule has 0 unspecified atom stereocenters. The molecule has 0 saturated carbocycles. The molecule has 0 bridgehead atoms. The van der Waals surface area contributed by atoms with Crippen LogP contribution in [0.2, 0.25) is 0 Å². The van der Waals surface area contributed by atoms with Gasteiger partial charge in [0.1, 0.15) is 0 Å². The summed E-state index contributed by atoms with van der Waals surface area (Å²) in [6.07, 6.45) is 5.02. The zero-order valence-corrected chi connectivity index (χ0v) is 11.8. The summed E-state index contributed by atoms with van der Waals surface area (Å²) in [6.45, 7) is 15.1. The Morgan fingerprint density at radius 3 is 1.27 bits per heavy atom. The van der Waals surface area contributed by atoms with Gasteiger partial charge >= 0.3 is 0 Å². The lowest BCUT2D eigenvalue weighted by Gasteiger charge is -2.07. The SMILES string of the molecule is CC(C)CCOCCC(C)C.CCCC. The topological polar surface area (TPSA) is 9.23 Å². The second-order valence-corrected chi connectivity index (χ2v) is 4.98. The minimum absolute atomic E-state index is 0.772. The molecule has 0 N–H and O–H groups in total. The van der Waals surface area contributed by atoms with Crippen molar-refractivity contribution in [3.05, 3.63) is 0 Å². The molecule has 1 heteroatoms. The summed E-state index contributed by atoms with van der Waals surface area (Å²) in [6, 6.07) is 0. The van der Waals surface area contributed by atoms with Gasteiger partial charge in [-0.1, -0.05) is 54.4 Å². The molecule has 0 aliphatic heterocycles. The second-order valence-electron chi connectivity index (χ2n) is 4.98. The van der Waals surface area contributed by atoms with Crippen LogP contribution in [0.3, 0.4) is 0 Å². The van der Waals surface area contributed by atoms with Gasteiger partial charge in [-0.15, -0.1) is 0 Å². The van der Waals surface area contributed by atoms with Crippen LogP contribution in [-0.4, -0.2) is 13.2 Å². The zero-order chi connectivity index (χ0) is 12.1. The molecule has 0 fully saturated rings. The Balaban J connectivity index is 0. The van der Waals surface area contributed by atoms with Crippen molar-refractivity contribution in [2.75, 3.05) is 13.2 Å². The molecule has 0 saturated heterocycles. The van der Waals surface area contributed by atoms with Crippen LogP contribution in [0.5, 0.6) is 0 Å². The Hall–Kier alpha value is -0.0400. The van der Waals surface area contributed by atoms with Crippen LogP contribution >= 0.6 is 0 Å². The third kappa shape index (κ3) is 24.9. The van der Waals surface area contributed by atoms with Crippen LogP contribution in [0.25, 0.3) is 0 Å². The van der Waals surface area contributed by atoms with Crippen molar-refractivity contribution in [1.82, 2.24) is 0 Å². The van der Waals surface area contributed by atoms with Crippen molar-refractivity contribution in [1.29, 1.82) is 0 Å². The Morgan fingerprint density at radius 2 is 1.07 bits per heavy atom. The van der Waals surface area contributed by atoms with E-state index in [9.17, 15) is 0 Å². The van der Waals surface area contributed by atoms with Crippen molar-refractivity contribution in [2.24, 2.45) is 11.8 Å². The average molecular weight is 216 g/mol. The van der Waals surface area contributed by atoms with Crippen LogP contribution in [0, 0.1) is 11.8 Å². The highest BCUT2D eigenvalue weighted by Gasteiger charge is 1.95. The van der Waals surface area contributed by atoms with Crippen molar-refractivity contribution < 1.29 is 4.74 Å². The summed E-state index contributed by atoms with van der Waals surface area (Å²) in [5, 5.41) is 0. The van der Waals surface area contributed by atoms with Crippen molar-refractivity contribution in [3.63, 3.8) is 0 Å². The lowest BCUT2D eigenvalue weighted by Crippen LogP contribution is -2.02. The molecule has 0 spiro atoms. The molecule has 0 rings (SSSR count). The molecule has 0 aliphatic rings. The van der Waals surface area contributed by atoms with E-state index in [-0.39, 0.29) is 0 Å². The molecule has 94 valence electrons. The minimum Gasteiger partial charge on any atom is -0.381 e. The maximum absolute atomic E-state index is 5.46. The fraction of sp³-hybridized carbons (Fsp3) is 1.00. The fourth-order valence-electron chi connectivity index (χ4n) is 0.740. The fourth-order valence-corrected chi connectivity index (χ4v) is 0.740. The van der Waals surface area contributed by atoms with E-state index in [1.807, 2.05) is 0 Å². The summed E-state index contributed by atoms with van der Waals surface area (Å²) in [4.78, 5) is 0. The lowest BCUT2D eigenvalue weighted by atomic mass is 10.1. The maximum atomic E-state index is 5.46. The highest BCUT2D eigenvalue weighted by molar-refractivity contribution is 4.45. The number of hydrogen-bond donors (Lipinski definition) is 0. The van der Waals surface area contributed by atoms with Gasteiger partial charge in [-0.2, -0.15) is 0 Å². The Bertz CT molecular complexity index is 85.5. The van der Waals surface area contributed by atoms with Gasteiger partial charge in [0.2, 0.25) is 0 Å². The predicted molar refractivity (Wildman–Crippen MR) is 70.3 cm³/mol. The number of unbranched alkanes of at least 4 members (excludes halogenated alkanes) is 1. The van der Waals surface area contributed by atoms with Gasteiger partial charge in [-0.05, 0) is 24.7 Å². The first-order valence-electron chi connectivity index (χ1n) is 6.62. The first-order valence-corrected chi connectivity index (χ1v) is 6.62. The predicted octanol–water partition coefficient (Wildman–Crippen LogP) is 4.90. The molecule has 0 aliphatic carbocycles. The van der Waals surface area contributed by atoms with Crippen molar-refractivity contribution in [2.45, 2.75) is 67.2 Å². The van der Waals surface area contributed by atoms with E-state index < -0.39 is 0 Å². The lowest BCUT2D eigenvalue weighted by molar-refractivity contribution is 0.114. The largest absolute Gasteiger partial charge is 0.381 e. The Kier molecular flexibility index (Phi) is 16.2. The van der Waals surface area contributed by atoms with Crippen LogP contribution < -0.4 is 0 Å². The maximum Gasteiger partial charge on any atom is 0.0468 e. The summed E-state index contributed by atoms with van der Waals surface area (Å²) < 4.78 is 5.46. The van der Waals surface area contributed by atoms with Gasteiger partial charge < -0.3 is 4.74 Å². The van der Waals surface area contributed by atoms with E-state index in [0.29, 0.717) is 0 Å². The summed E-state index contributed by atoms with van der Waals surface area (Å²) >= 11 is 0. The van der Waals surface area contributed by atoms with Gasteiger partial charge in [-0.25, -0.2) is 0 Å². The van der Waals surface area contributed by atoms with Crippen LogP contribution in [0.15, 0.2) is 0 Å². The Morgan fingerprint density at radius 1 is 0.733 bits per heavy atom. The van der Waals surface area contributed by atoms with Gasteiger partial charge in [0, 0.05) is 13.2 Å². The quantitative estimate of drug-likeness (QED) is 0.550. The average Bonchev–Trinajstić information content (AvgIpc) is 2.17. The van der Waals surface area contributed by atoms with Crippen LogP contribution in [0.4, 0.5) is 0 Å². The van der Waals surface area contributed by atoms with Crippen LogP contribution in [-0.2, 0) is 4.74 Å². The second kappa shape index (κ2) is 14.0. The molecular formula is C14H32O. The minimum atomic E-state index is 0.772. The Labute approximate surface area is 97.6 Å². The molecule has 0 heterocycles. The van der Waals surface area contributed by atoms with Gasteiger partial charge in [0.15, 0.2) is 0 Å². The summed E-state index contributed by atoms with van der Waals surface area (Å²) in [7, 11) is 0. The third-order valence-electron chi connectivity index (χ3n) is 2.18. The number of hydrogen-bond acceptors (Lipinski definition) is 1. The molecule has 0 aromatic heterocycles. The van der Waals surface area contributed by atoms with Gasteiger partial charge in [0.05, 0.1) is 0 Å². The molecule has 0 radical (unpaired) electrons. The summed E-state index contributed by atoms with van der Waals surface area (Å²) in [5.74, 6) is 1.54. The van der Waals surface area contributed by atoms with E-state index in [1.54, 1.807) is 0 Å². The molecule has 0 amide bonds. The normalized spacial score (nSPS) is 10.4. The monoisotopic (exact) mass is 216 g/mol. The van der Waals surface area contributed by atoms with E-state index >= 15 is 0 Å². The number of ether oxygens (including phenoxy) is 1. The van der Waals surface area contributed by atoms with E-state index in [4.69, 9.17) is 4.74 Å². The molecule has 15 heavy (non-hydrogen) atoms. The van der Waals surface area contributed by atoms with Gasteiger partial charge in [0.25, 0.3) is 0 Å². The molecule has 0 atom stereocenters. The zero-order valence-electron chi connectivity index (χ0n) is 11.8. The molecule has 1 nitrogen and oxygen atoms in total. The third-order valence-corrected chi connectivity index (χ3v) is 2.18. The summed E-state index contributed by atoms with van der Waals surface area (Å²) in [5.41, 5.74) is 0. The van der Waals surface area contributed by atoms with Crippen molar-refractivity contribution >= 4 is 0 Å². The van der Waals surface area contributed by atoms with E-state index in [1.165, 1.54) is 25.7 Å². The number of rotatable bonds is 7. The highest BCUT2D eigenvalue weighted by Crippen LogP contribution is 2.02.